The molecule has 4 heteroatoms. The van der Waals surface area contributed by atoms with E-state index in [-0.39, 0.29) is 12.5 Å². The van der Waals surface area contributed by atoms with E-state index in [2.05, 4.69) is 12.1 Å². The van der Waals surface area contributed by atoms with Crippen LogP contribution in [0.2, 0.25) is 0 Å². The van der Waals surface area contributed by atoms with Gasteiger partial charge in [-0.2, -0.15) is 13.2 Å². The zero-order valence-corrected chi connectivity index (χ0v) is 10.2. The molecule has 1 fully saturated rings. The first kappa shape index (κ1) is 13.4. The molecule has 18 heavy (non-hydrogen) atoms. The number of benzene rings is 1. The smallest absolute Gasteiger partial charge is 0.327 e. The van der Waals surface area contributed by atoms with Crippen LogP contribution in [0.4, 0.5) is 13.2 Å². The van der Waals surface area contributed by atoms with Crippen molar-refractivity contribution in [3.8, 4) is 0 Å². The third-order valence-corrected chi connectivity index (χ3v) is 3.62. The lowest BCUT2D eigenvalue weighted by molar-refractivity contribution is -0.135. The number of alkyl halides is 3. The van der Waals surface area contributed by atoms with Crippen LogP contribution in [0.25, 0.3) is 0 Å². The Morgan fingerprint density at radius 3 is 2.50 bits per heavy atom. The molecule has 3 unspecified atom stereocenters. The lowest BCUT2D eigenvalue weighted by Gasteiger charge is -2.12. The average Bonchev–Trinajstić information content (AvgIpc) is 3.08. The summed E-state index contributed by atoms with van der Waals surface area (Å²) in [7, 11) is 0. The summed E-state index contributed by atoms with van der Waals surface area (Å²) < 4.78 is 36.1. The van der Waals surface area contributed by atoms with Gasteiger partial charge in [0.2, 0.25) is 0 Å². The van der Waals surface area contributed by atoms with Crippen molar-refractivity contribution in [2.75, 3.05) is 0 Å². The second-order valence-electron chi connectivity index (χ2n) is 5.09. The normalized spacial score (nSPS) is 24.9. The van der Waals surface area contributed by atoms with Crippen LogP contribution in [0.5, 0.6) is 0 Å². The van der Waals surface area contributed by atoms with Crippen LogP contribution in [0.1, 0.15) is 37.2 Å². The maximum Gasteiger partial charge on any atom is 0.389 e. The van der Waals surface area contributed by atoms with Gasteiger partial charge in [-0.15, -0.1) is 0 Å². The van der Waals surface area contributed by atoms with Crippen molar-refractivity contribution in [1.82, 2.24) is 0 Å². The summed E-state index contributed by atoms with van der Waals surface area (Å²) >= 11 is 0. The van der Waals surface area contributed by atoms with E-state index in [1.165, 1.54) is 5.56 Å². The fraction of sp³-hybridized carbons (Fsp3) is 0.571. The molecule has 2 rings (SSSR count). The molecule has 0 radical (unpaired) electrons. The summed E-state index contributed by atoms with van der Waals surface area (Å²) in [5.41, 5.74) is 7.23. The van der Waals surface area contributed by atoms with Gasteiger partial charge in [0.25, 0.3) is 0 Å². The topological polar surface area (TPSA) is 26.0 Å². The minimum absolute atomic E-state index is 0.0995. The first-order valence-electron chi connectivity index (χ1n) is 6.34. The summed E-state index contributed by atoms with van der Waals surface area (Å²) in [5, 5.41) is 0. The molecule has 2 N–H and O–H groups in total. The highest BCUT2D eigenvalue weighted by Gasteiger charge is 2.42. The van der Waals surface area contributed by atoms with Crippen LogP contribution >= 0.6 is 0 Å². The van der Waals surface area contributed by atoms with Crippen molar-refractivity contribution in [2.45, 2.75) is 43.8 Å². The van der Waals surface area contributed by atoms with Crippen molar-refractivity contribution in [3.05, 3.63) is 35.9 Å². The van der Waals surface area contributed by atoms with Gasteiger partial charge in [-0.3, -0.25) is 0 Å². The molecule has 100 valence electrons. The number of rotatable bonds is 5. The molecule has 0 amide bonds. The van der Waals surface area contributed by atoms with Gasteiger partial charge in [-0.1, -0.05) is 30.3 Å². The van der Waals surface area contributed by atoms with Gasteiger partial charge >= 0.3 is 6.18 Å². The molecule has 1 aliphatic rings. The van der Waals surface area contributed by atoms with Crippen molar-refractivity contribution in [2.24, 2.45) is 11.7 Å². The average molecular weight is 257 g/mol. The lowest BCUT2D eigenvalue weighted by atomic mass is 10.0. The Morgan fingerprint density at radius 1 is 1.22 bits per heavy atom. The van der Waals surface area contributed by atoms with Gasteiger partial charge in [-0.05, 0) is 36.7 Å². The summed E-state index contributed by atoms with van der Waals surface area (Å²) in [6, 6.07) is 9.96. The molecule has 1 aromatic carbocycles. The minimum Gasteiger partial charge on any atom is -0.327 e. The molecule has 0 bridgehead atoms. The summed E-state index contributed by atoms with van der Waals surface area (Å²) in [5.74, 6) is 0.813. The van der Waals surface area contributed by atoms with E-state index < -0.39 is 12.6 Å². The second-order valence-corrected chi connectivity index (χ2v) is 5.09. The monoisotopic (exact) mass is 257 g/mol. The highest BCUT2D eigenvalue weighted by Crippen LogP contribution is 2.49. The molecular formula is C14H18F3N. The van der Waals surface area contributed by atoms with Crippen LogP contribution in [0.3, 0.4) is 0 Å². The molecule has 1 nitrogen and oxygen atoms in total. The second kappa shape index (κ2) is 5.31. The Labute approximate surface area is 105 Å². The fourth-order valence-corrected chi connectivity index (χ4v) is 2.52. The van der Waals surface area contributed by atoms with Gasteiger partial charge in [0, 0.05) is 12.5 Å². The molecule has 1 aliphatic carbocycles. The Morgan fingerprint density at radius 2 is 1.89 bits per heavy atom. The Kier molecular flexibility index (Phi) is 3.95. The summed E-state index contributed by atoms with van der Waals surface area (Å²) in [6.07, 6.45) is -3.15. The Bertz CT molecular complexity index is 374. The molecule has 1 aromatic rings. The first-order chi connectivity index (χ1) is 8.47. The van der Waals surface area contributed by atoms with Crippen LogP contribution in [0, 0.1) is 5.92 Å². The number of nitrogens with two attached hydrogens (primary N) is 1. The van der Waals surface area contributed by atoms with Gasteiger partial charge in [0.05, 0.1) is 0 Å². The van der Waals surface area contributed by atoms with Gasteiger partial charge in [0.15, 0.2) is 0 Å². The largest absolute Gasteiger partial charge is 0.389 e. The zero-order chi connectivity index (χ0) is 13.2. The van der Waals surface area contributed by atoms with E-state index in [1.807, 2.05) is 18.2 Å². The standard InChI is InChI=1S/C14H18F3N/c15-14(16,17)8-4-7-13(18)12-9-11(12)10-5-2-1-3-6-10/h1-3,5-6,11-13H,4,7-9,18H2. The molecule has 0 heterocycles. The number of halogens is 3. The lowest BCUT2D eigenvalue weighted by Crippen LogP contribution is -2.23. The van der Waals surface area contributed by atoms with E-state index in [0.717, 1.165) is 6.42 Å². The van der Waals surface area contributed by atoms with Gasteiger partial charge < -0.3 is 5.73 Å². The van der Waals surface area contributed by atoms with Gasteiger partial charge in [-0.25, -0.2) is 0 Å². The van der Waals surface area contributed by atoms with Crippen LogP contribution in [-0.2, 0) is 0 Å². The third-order valence-electron chi connectivity index (χ3n) is 3.62. The molecule has 0 aliphatic heterocycles. The van der Waals surface area contributed by atoms with Crippen LogP contribution in [-0.4, -0.2) is 12.2 Å². The quantitative estimate of drug-likeness (QED) is 0.851. The molecule has 0 aromatic heterocycles. The molecule has 3 atom stereocenters. The van der Waals surface area contributed by atoms with Crippen molar-refractivity contribution < 1.29 is 13.2 Å². The van der Waals surface area contributed by atoms with E-state index in [0.29, 0.717) is 18.3 Å². The van der Waals surface area contributed by atoms with E-state index in [4.69, 9.17) is 5.73 Å². The molecule has 0 spiro atoms. The maximum atomic E-state index is 12.0. The highest BCUT2D eigenvalue weighted by molar-refractivity contribution is 5.26. The van der Waals surface area contributed by atoms with Crippen LogP contribution in [0.15, 0.2) is 30.3 Å². The maximum absolute atomic E-state index is 12.0. The van der Waals surface area contributed by atoms with E-state index >= 15 is 0 Å². The minimum atomic E-state index is -4.05. The predicted octanol–water partition coefficient (Wildman–Crippen LogP) is 3.85. The number of hydrogen-bond donors (Lipinski definition) is 1. The third kappa shape index (κ3) is 3.73. The number of hydrogen-bond acceptors (Lipinski definition) is 1. The summed E-state index contributed by atoms with van der Waals surface area (Å²) in [4.78, 5) is 0. The van der Waals surface area contributed by atoms with Crippen molar-refractivity contribution in [3.63, 3.8) is 0 Å². The molecule has 0 saturated heterocycles. The highest BCUT2D eigenvalue weighted by atomic mass is 19.4. The van der Waals surface area contributed by atoms with E-state index in [1.54, 1.807) is 0 Å². The van der Waals surface area contributed by atoms with Crippen LogP contribution < -0.4 is 5.73 Å². The molecule has 1 saturated carbocycles. The predicted molar refractivity (Wildman–Crippen MR) is 65.2 cm³/mol. The van der Waals surface area contributed by atoms with Crippen molar-refractivity contribution >= 4 is 0 Å². The Balaban J connectivity index is 1.74. The fourth-order valence-electron chi connectivity index (χ4n) is 2.52. The SMILES string of the molecule is NC(CCCC(F)(F)F)C1CC1c1ccccc1. The van der Waals surface area contributed by atoms with Crippen molar-refractivity contribution in [1.29, 1.82) is 0 Å². The van der Waals surface area contributed by atoms with E-state index in [9.17, 15) is 13.2 Å². The Hall–Kier alpha value is -1.03. The first-order valence-corrected chi connectivity index (χ1v) is 6.34. The summed E-state index contributed by atoms with van der Waals surface area (Å²) in [6.45, 7) is 0. The zero-order valence-electron chi connectivity index (χ0n) is 10.2. The molecular weight excluding hydrogens is 239 g/mol. The van der Waals surface area contributed by atoms with Gasteiger partial charge in [0.1, 0.15) is 0 Å².